The monoisotopic (exact) mass is 629 g/mol. The Morgan fingerprint density at radius 2 is 1.44 bits per heavy atom. The minimum atomic E-state index is -0.994. The van der Waals surface area contributed by atoms with Crippen molar-refractivity contribution in [2.75, 3.05) is 0 Å². The molecule has 8 nitrogen and oxygen atoms in total. The van der Waals surface area contributed by atoms with E-state index in [9.17, 15) is 14.7 Å². The summed E-state index contributed by atoms with van der Waals surface area (Å²) in [5.41, 5.74) is 4.57. The maximum absolute atomic E-state index is 13.6. The van der Waals surface area contributed by atoms with E-state index >= 15 is 0 Å². The maximum atomic E-state index is 13.6. The van der Waals surface area contributed by atoms with Gasteiger partial charge in [-0.15, -0.1) is 0 Å². The Balaban J connectivity index is 1.27. The fourth-order valence-corrected chi connectivity index (χ4v) is 7.14. The molecular weight excluding hydrogens is 606 g/mol. The van der Waals surface area contributed by atoms with Crippen molar-refractivity contribution in [2.45, 2.75) is 30.9 Å². The molecule has 0 spiro atoms. The molecule has 0 atom stereocenters. The number of aliphatic hydroxyl groups is 1. The molecule has 43 heavy (non-hydrogen) atoms. The van der Waals surface area contributed by atoms with Crippen LogP contribution >= 0.6 is 15.9 Å². The summed E-state index contributed by atoms with van der Waals surface area (Å²) in [5.74, 6) is -0.656. The molecule has 1 fully saturated rings. The number of hydrogen-bond donors (Lipinski definition) is 1. The third kappa shape index (κ3) is 3.81. The second-order valence-electron chi connectivity index (χ2n) is 11.6. The SMILES string of the molecule is C[C@]1(O)C[C@@](c2ccc(-c3nc4c(cnc5c(Br)cnn54)cc3-c3ccccc3)cc2)(N2C(=O)c3ccccc3C2=O)C1. The lowest BCUT2D eigenvalue weighted by molar-refractivity contribution is -0.118. The van der Waals surface area contributed by atoms with E-state index < -0.39 is 11.1 Å². The van der Waals surface area contributed by atoms with Gasteiger partial charge in [-0.1, -0.05) is 66.7 Å². The highest BCUT2D eigenvalue weighted by molar-refractivity contribution is 9.10. The number of fused-ring (bicyclic) bond motifs is 4. The number of imide groups is 1. The number of carbonyl (C=O) groups is 2. The highest BCUT2D eigenvalue weighted by Crippen LogP contribution is 2.54. The van der Waals surface area contributed by atoms with Gasteiger partial charge in [0.2, 0.25) is 0 Å². The Kier molecular flexibility index (Phi) is 5.51. The second-order valence-corrected chi connectivity index (χ2v) is 12.5. The molecule has 1 N–H and O–H groups in total. The van der Waals surface area contributed by atoms with E-state index in [0.717, 1.165) is 37.8 Å². The number of hydrogen-bond acceptors (Lipinski definition) is 6. The highest BCUT2D eigenvalue weighted by Gasteiger charge is 2.60. The normalized spacial score (nSPS) is 21.4. The van der Waals surface area contributed by atoms with Crippen LogP contribution in [0.2, 0.25) is 0 Å². The maximum Gasteiger partial charge on any atom is 0.262 e. The number of aromatic nitrogens is 4. The van der Waals surface area contributed by atoms with Crippen LogP contribution in [0.1, 0.15) is 46.0 Å². The van der Waals surface area contributed by atoms with Gasteiger partial charge in [-0.2, -0.15) is 9.61 Å². The van der Waals surface area contributed by atoms with Gasteiger partial charge < -0.3 is 5.11 Å². The van der Waals surface area contributed by atoms with Crippen LogP contribution in [0, 0.1) is 0 Å². The number of pyridine rings is 1. The van der Waals surface area contributed by atoms with Crippen LogP contribution in [0.4, 0.5) is 0 Å². The fourth-order valence-electron chi connectivity index (χ4n) is 6.78. The van der Waals surface area contributed by atoms with E-state index in [2.05, 4.69) is 32.1 Å². The Morgan fingerprint density at radius 3 is 2.09 bits per heavy atom. The third-order valence-electron chi connectivity index (χ3n) is 8.61. The van der Waals surface area contributed by atoms with Crippen LogP contribution in [0.5, 0.6) is 0 Å². The van der Waals surface area contributed by atoms with Crippen LogP contribution in [-0.4, -0.2) is 47.0 Å². The van der Waals surface area contributed by atoms with E-state index in [1.807, 2.05) is 54.6 Å². The fraction of sp³-hybridized carbons (Fsp3) is 0.147. The van der Waals surface area contributed by atoms with Crippen molar-refractivity contribution in [3.05, 3.63) is 118 Å². The average molecular weight is 631 g/mol. The molecule has 1 aliphatic carbocycles. The topological polar surface area (TPSA) is 101 Å². The summed E-state index contributed by atoms with van der Waals surface area (Å²) in [5, 5.41) is 16.2. The summed E-state index contributed by atoms with van der Waals surface area (Å²) in [4.78, 5) is 38.1. The van der Waals surface area contributed by atoms with Crippen molar-refractivity contribution in [1.82, 2.24) is 24.5 Å². The highest BCUT2D eigenvalue weighted by atomic mass is 79.9. The van der Waals surface area contributed by atoms with Gasteiger partial charge in [0.05, 0.1) is 38.6 Å². The molecule has 4 heterocycles. The van der Waals surface area contributed by atoms with Crippen molar-refractivity contribution >= 4 is 44.4 Å². The summed E-state index contributed by atoms with van der Waals surface area (Å²) in [7, 11) is 0. The quantitative estimate of drug-likeness (QED) is 0.226. The molecule has 210 valence electrons. The van der Waals surface area contributed by atoms with Crippen LogP contribution in [0.3, 0.4) is 0 Å². The average Bonchev–Trinajstić information content (AvgIpc) is 3.52. The number of carbonyl (C=O) groups excluding carboxylic acids is 2. The summed E-state index contributed by atoms with van der Waals surface area (Å²) in [6.07, 6.45) is 4.02. The van der Waals surface area contributed by atoms with Crippen LogP contribution in [-0.2, 0) is 5.54 Å². The molecule has 3 aromatic carbocycles. The smallest absolute Gasteiger partial charge is 0.262 e. The first-order chi connectivity index (χ1) is 20.8. The van der Waals surface area contributed by atoms with Gasteiger partial charge in [0.25, 0.3) is 11.8 Å². The van der Waals surface area contributed by atoms with E-state index in [1.54, 1.807) is 48.1 Å². The van der Waals surface area contributed by atoms with Gasteiger partial charge in [-0.25, -0.2) is 9.97 Å². The molecule has 0 unspecified atom stereocenters. The lowest BCUT2D eigenvalue weighted by atomic mass is 9.61. The van der Waals surface area contributed by atoms with E-state index in [-0.39, 0.29) is 24.7 Å². The summed E-state index contributed by atoms with van der Waals surface area (Å²) < 4.78 is 2.50. The third-order valence-corrected chi connectivity index (χ3v) is 9.17. The van der Waals surface area contributed by atoms with Gasteiger partial charge in [0.15, 0.2) is 11.3 Å². The molecule has 2 amide bonds. The van der Waals surface area contributed by atoms with E-state index in [0.29, 0.717) is 22.4 Å². The minimum Gasteiger partial charge on any atom is -0.390 e. The largest absolute Gasteiger partial charge is 0.390 e. The number of halogens is 1. The van der Waals surface area contributed by atoms with Gasteiger partial charge in [0, 0.05) is 35.6 Å². The molecule has 9 heteroatoms. The van der Waals surface area contributed by atoms with Crippen LogP contribution in [0.15, 0.2) is 102 Å². The Labute approximate surface area is 254 Å². The van der Waals surface area contributed by atoms with Crippen LogP contribution < -0.4 is 0 Å². The zero-order valence-electron chi connectivity index (χ0n) is 23.0. The van der Waals surface area contributed by atoms with Crippen molar-refractivity contribution in [3.63, 3.8) is 0 Å². The van der Waals surface area contributed by atoms with Gasteiger partial charge in [-0.05, 0) is 52.2 Å². The first kappa shape index (κ1) is 25.9. The molecular formula is C34H24BrN5O3. The number of nitrogens with zero attached hydrogens (tertiary/aromatic N) is 5. The summed E-state index contributed by atoms with van der Waals surface area (Å²) >= 11 is 3.52. The predicted octanol–water partition coefficient (Wildman–Crippen LogP) is 6.41. The van der Waals surface area contributed by atoms with Gasteiger partial charge in [0.1, 0.15) is 0 Å². The molecule has 3 aromatic heterocycles. The molecule has 8 rings (SSSR count). The van der Waals surface area contributed by atoms with Crippen molar-refractivity contribution in [1.29, 1.82) is 0 Å². The minimum absolute atomic E-state index is 0.257. The lowest BCUT2D eigenvalue weighted by Crippen LogP contribution is -2.63. The van der Waals surface area contributed by atoms with Crippen molar-refractivity contribution in [3.8, 4) is 22.4 Å². The van der Waals surface area contributed by atoms with Gasteiger partial charge >= 0.3 is 0 Å². The molecule has 1 saturated carbocycles. The first-order valence-electron chi connectivity index (χ1n) is 14.0. The van der Waals surface area contributed by atoms with E-state index in [1.165, 1.54) is 4.90 Å². The number of benzene rings is 3. The van der Waals surface area contributed by atoms with Crippen molar-refractivity contribution < 1.29 is 14.7 Å². The Morgan fingerprint density at radius 1 is 0.791 bits per heavy atom. The summed E-state index contributed by atoms with van der Waals surface area (Å²) in [6, 6.07) is 26.9. The standard InChI is InChI=1S/C34H24BrN5O3/c1-33(43)18-34(19-33,39-31(41)24-9-5-6-10-25(24)32(39)42)23-13-11-21(12-14-23)28-26(20-7-3-2-4-8-20)15-22-16-36-30-27(35)17-37-40(30)29(22)38-28/h2-17,43H,18-19H2,1H3/t33-,34+. The number of rotatable bonds is 4. The molecule has 0 radical (unpaired) electrons. The zero-order valence-corrected chi connectivity index (χ0v) is 24.6. The Hall–Kier alpha value is -4.73. The lowest BCUT2D eigenvalue weighted by Gasteiger charge is -2.55. The first-order valence-corrected chi connectivity index (χ1v) is 14.7. The zero-order chi connectivity index (χ0) is 29.5. The second kappa shape index (κ2) is 9.13. The van der Waals surface area contributed by atoms with Crippen molar-refractivity contribution in [2.24, 2.45) is 0 Å². The molecule has 1 aliphatic heterocycles. The van der Waals surface area contributed by atoms with Gasteiger partial charge in [-0.3, -0.25) is 14.5 Å². The molecule has 2 aliphatic rings. The predicted molar refractivity (Wildman–Crippen MR) is 165 cm³/mol. The summed E-state index contributed by atoms with van der Waals surface area (Å²) in [6.45, 7) is 1.74. The molecule has 6 aromatic rings. The van der Waals surface area contributed by atoms with Crippen LogP contribution in [0.25, 0.3) is 39.1 Å². The number of amides is 2. The molecule has 0 bridgehead atoms. The Bertz CT molecular complexity index is 2080. The molecule has 0 saturated heterocycles. The van der Waals surface area contributed by atoms with E-state index in [4.69, 9.17) is 4.98 Å².